The summed E-state index contributed by atoms with van der Waals surface area (Å²) in [6, 6.07) is 13.3. The molecule has 1 fully saturated rings. The number of nitrogens with zero attached hydrogens (tertiary/aromatic N) is 1. The van der Waals surface area contributed by atoms with Crippen molar-refractivity contribution < 1.29 is 19.1 Å². The molecule has 1 heterocycles. The van der Waals surface area contributed by atoms with Gasteiger partial charge in [-0.25, -0.2) is 4.98 Å². The summed E-state index contributed by atoms with van der Waals surface area (Å²) >= 11 is 1.41. The molecule has 2 aromatic carbocycles. The highest BCUT2D eigenvalue weighted by atomic mass is 32.1. The van der Waals surface area contributed by atoms with E-state index in [4.69, 9.17) is 9.47 Å². The van der Waals surface area contributed by atoms with Gasteiger partial charge in [0.2, 0.25) is 5.91 Å². The maximum absolute atomic E-state index is 12.9. The Morgan fingerprint density at radius 2 is 1.64 bits per heavy atom. The van der Waals surface area contributed by atoms with Crippen molar-refractivity contribution >= 4 is 23.2 Å². The van der Waals surface area contributed by atoms with Crippen molar-refractivity contribution in [2.24, 2.45) is 0 Å². The van der Waals surface area contributed by atoms with Crippen LogP contribution < -0.4 is 20.1 Å². The minimum atomic E-state index is -0.217. The molecule has 1 saturated carbocycles. The molecule has 2 atom stereocenters. The Hall–Kier alpha value is -3.39. The van der Waals surface area contributed by atoms with Crippen LogP contribution >= 0.6 is 11.3 Å². The van der Waals surface area contributed by atoms with Crippen LogP contribution in [0.15, 0.2) is 47.8 Å². The Morgan fingerprint density at radius 3 is 2.31 bits per heavy atom. The van der Waals surface area contributed by atoms with E-state index in [0.29, 0.717) is 12.3 Å². The number of aromatic nitrogens is 1. The third kappa shape index (κ3) is 7.07. The molecule has 0 saturated heterocycles. The molecule has 4 rings (SSSR count). The fourth-order valence-corrected chi connectivity index (χ4v) is 5.23. The van der Waals surface area contributed by atoms with Gasteiger partial charge in [0.25, 0.3) is 5.91 Å². The number of amides is 2. The molecule has 0 aliphatic heterocycles. The molecule has 1 aliphatic carbocycles. The predicted molar refractivity (Wildman–Crippen MR) is 141 cm³/mol. The summed E-state index contributed by atoms with van der Waals surface area (Å²) < 4.78 is 11.1. The molecule has 0 radical (unpaired) electrons. The number of carbonyl (C=O) groups is 2. The zero-order chi connectivity index (χ0) is 25.5. The maximum Gasteiger partial charge on any atom is 0.271 e. The first-order valence-corrected chi connectivity index (χ1v) is 13.2. The molecule has 7 nitrogen and oxygen atoms in total. The Bertz CT molecular complexity index is 1170. The summed E-state index contributed by atoms with van der Waals surface area (Å²) in [5.74, 6) is 1.29. The molecule has 1 aromatic heterocycles. The Morgan fingerprint density at radius 1 is 0.972 bits per heavy atom. The zero-order valence-corrected chi connectivity index (χ0v) is 21.8. The molecule has 2 unspecified atom stereocenters. The second-order valence-corrected chi connectivity index (χ2v) is 10.2. The topological polar surface area (TPSA) is 89.6 Å². The van der Waals surface area contributed by atoms with Crippen LogP contribution in [0, 0.1) is 13.8 Å². The molecule has 0 bridgehead atoms. The van der Waals surface area contributed by atoms with Crippen molar-refractivity contribution in [1.82, 2.24) is 15.6 Å². The molecule has 2 amide bonds. The van der Waals surface area contributed by atoms with Gasteiger partial charge < -0.3 is 20.1 Å². The lowest BCUT2D eigenvalue weighted by Crippen LogP contribution is -2.53. The van der Waals surface area contributed by atoms with Gasteiger partial charge >= 0.3 is 0 Å². The number of ether oxygens (including phenoxy) is 2. The zero-order valence-electron chi connectivity index (χ0n) is 21.0. The third-order valence-electron chi connectivity index (χ3n) is 6.29. The van der Waals surface area contributed by atoms with Gasteiger partial charge in [0.05, 0.1) is 13.5 Å². The molecule has 0 spiro atoms. The summed E-state index contributed by atoms with van der Waals surface area (Å²) in [6.45, 7) is 4.38. The number of thiazole rings is 1. The average Bonchev–Trinajstić information content (AvgIpc) is 3.33. The maximum atomic E-state index is 12.9. The van der Waals surface area contributed by atoms with E-state index in [2.05, 4.69) is 21.7 Å². The number of methoxy groups -OCH3 is 1. The molecular formula is C28H33N3O4S. The smallest absolute Gasteiger partial charge is 0.271 e. The van der Waals surface area contributed by atoms with Crippen molar-refractivity contribution in [3.8, 4) is 11.5 Å². The van der Waals surface area contributed by atoms with Crippen LogP contribution in [0.3, 0.4) is 0 Å². The van der Waals surface area contributed by atoms with Gasteiger partial charge in [-0.1, -0.05) is 31.0 Å². The quantitative estimate of drug-likeness (QED) is 0.436. The van der Waals surface area contributed by atoms with Crippen LogP contribution in [-0.4, -0.2) is 36.0 Å². The van der Waals surface area contributed by atoms with Gasteiger partial charge in [0, 0.05) is 17.5 Å². The Labute approximate surface area is 216 Å². The standard InChI is InChI=1S/C28H33N3O4S/c1-18-12-19(2)14-22(13-18)35-16-27-30-25(17-36-27)28(33)31-24-7-5-4-6-23(24)29-26(32)15-20-8-10-21(34-3)11-9-20/h8-14,17,23-24H,4-7,15-16H2,1-3H3,(H,29,32)(H,31,33). The molecule has 3 aromatic rings. The second kappa shape index (κ2) is 12.0. The van der Waals surface area contributed by atoms with Crippen molar-refractivity contribution in [3.05, 3.63) is 75.2 Å². The summed E-state index contributed by atoms with van der Waals surface area (Å²) in [4.78, 5) is 30.1. The van der Waals surface area contributed by atoms with Gasteiger partial charge in [-0.3, -0.25) is 9.59 Å². The minimum Gasteiger partial charge on any atom is -0.497 e. The van der Waals surface area contributed by atoms with Crippen LogP contribution in [0.1, 0.15) is 57.9 Å². The van der Waals surface area contributed by atoms with Crippen LogP contribution in [0.25, 0.3) is 0 Å². The summed E-state index contributed by atoms with van der Waals surface area (Å²) in [5.41, 5.74) is 3.58. The third-order valence-corrected chi connectivity index (χ3v) is 7.12. The minimum absolute atomic E-state index is 0.0502. The monoisotopic (exact) mass is 507 g/mol. The number of hydrogen-bond acceptors (Lipinski definition) is 6. The van der Waals surface area contributed by atoms with Gasteiger partial charge in [-0.2, -0.15) is 0 Å². The molecule has 190 valence electrons. The number of nitrogens with one attached hydrogen (secondary N) is 2. The lowest BCUT2D eigenvalue weighted by atomic mass is 9.90. The highest BCUT2D eigenvalue weighted by Crippen LogP contribution is 2.21. The highest BCUT2D eigenvalue weighted by Gasteiger charge is 2.28. The lowest BCUT2D eigenvalue weighted by Gasteiger charge is -2.32. The SMILES string of the molecule is COc1ccc(CC(=O)NC2CCCCC2NC(=O)c2csc(COc3cc(C)cc(C)c3)n2)cc1. The van der Waals surface area contributed by atoms with Gasteiger partial charge in [0.15, 0.2) is 0 Å². The first-order chi connectivity index (χ1) is 17.4. The van der Waals surface area contributed by atoms with E-state index < -0.39 is 0 Å². The Kier molecular flexibility index (Phi) is 8.59. The number of rotatable bonds is 9. The van der Waals surface area contributed by atoms with Gasteiger partial charge in [0.1, 0.15) is 28.8 Å². The van der Waals surface area contributed by atoms with E-state index in [9.17, 15) is 9.59 Å². The highest BCUT2D eigenvalue weighted by molar-refractivity contribution is 7.09. The summed E-state index contributed by atoms with van der Waals surface area (Å²) in [6.07, 6.45) is 3.99. The molecule has 1 aliphatic rings. The van der Waals surface area contributed by atoms with E-state index in [0.717, 1.165) is 58.9 Å². The largest absolute Gasteiger partial charge is 0.497 e. The summed E-state index contributed by atoms with van der Waals surface area (Å²) in [5, 5.41) is 8.74. The predicted octanol–water partition coefficient (Wildman–Crippen LogP) is 4.75. The fourth-order valence-electron chi connectivity index (χ4n) is 4.55. The van der Waals surface area contributed by atoms with Crippen LogP contribution in [0.2, 0.25) is 0 Å². The second-order valence-electron chi connectivity index (χ2n) is 9.30. The van der Waals surface area contributed by atoms with Crippen molar-refractivity contribution in [3.63, 3.8) is 0 Å². The first-order valence-electron chi connectivity index (χ1n) is 12.3. The number of benzene rings is 2. The van der Waals surface area contributed by atoms with Crippen molar-refractivity contribution in [2.45, 2.75) is 64.6 Å². The van der Waals surface area contributed by atoms with E-state index in [1.54, 1.807) is 12.5 Å². The van der Waals surface area contributed by atoms with E-state index in [1.165, 1.54) is 11.3 Å². The van der Waals surface area contributed by atoms with Crippen molar-refractivity contribution in [1.29, 1.82) is 0 Å². The van der Waals surface area contributed by atoms with Gasteiger partial charge in [-0.15, -0.1) is 11.3 Å². The number of carbonyl (C=O) groups excluding carboxylic acids is 2. The fraction of sp³-hybridized carbons (Fsp3) is 0.393. The normalized spacial score (nSPS) is 17.3. The molecule has 2 N–H and O–H groups in total. The van der Waals surface area contributed by atoms with E-state index in [-0.39, 0.29) is 30.3 Å². The van der Waals surface area contributed by atoms with Crippen LogP contribution in [0.5, 0.6) is 11.5 Å². The number of aryl methyl sites for hydroxylation is 2. The average molecular weight is 508 g/mol. The van der Waals surface area contributed by atoms with E-state index >= 15 is 0 Å². The summed E-state index contributed by atoms with van der Waals surface area (Å²) in [7, 11) is 1.62. The van der Waals surface area contributed by atoms with Crippen LogP contribution in [-0.2, 0) is 17.8 Å². The lowest BCUT2D eigenvalue weighted by molar-refractivity contribution is -0.121. The van der Waals surface area contributed by atoms with Crippen molar-refractivity contribution in [2.75, 3.05) is 7.11 Å². The Balaban J connectivity index is 1.31. The molecular weight excluding hydrogens is 474 g/mol. The molecule has 8 heteroatoms. The van der Waals surface area contributed by atoms with Gasteiger partial charge in [-0.05, 0) is 67.6 Å². The van der Waals surface area contributed by atoms with Crippen LogP contribution in [0.4, 0.5) is 0 Å². The van der Waals surface area contributed by atoms with E-state index in [1.807, 2.05) is 50.2 Å². The first kappa shape index (κ1) is 25.7. The molecule has 36 heavy (non-hydrogen) atoms. The number of hydrogen-bond donors (Lipinski definition) is 2.